The second-order valence-corrected chi connectivity index (χ2v) is 8.71. The summed E-state index contributed by atoms with van der Waals surface area (Å²) in [6.07, 6.45) is 0. The third-order valence-electron chi connectivity index (χ3n) is 4.53. The first-order chi connectivity index (χ1) is 14.1. The van der Waals surface area contributed by atoms with E-state index in [2.05, 4.69) is 31.2 Å². The zero-order chi connectivity index (χ0) is 22.2. The molecule has 0 unspecified atom stereocenters. The first kappa shape index (κ1) is 21.9. The van der Waals surface area contributed by atoms with Gasteiger partial charge in [0.25, 0.3) is 11.5 Å². The number of aromatic nitrogens is 3. The molecule has 0 spiro atoms. The monoisotopic (exact) mass is 476 g/mol. The maximum atomic E-state index is 14.1. The van der Waals surface area contributed by atoms with Crippen molar-refractivity contribution in [3.63, 3.8) is 0 Å². The number of rotatable bonds is 5. The number of amides is 1. The maximum Gasteiger partial charge on any atom is 0.330 e. The molecule has 9 heteroatoms. The van der Waals surface area contributed by atoms with Crippen molar-refractivity contribution in [2.75, 3.05) is 5.32 Å². The Balaban J connectivity index is 2.27. The summed E-state index contributed by atoms with van der Waals surface area (Å²) in [4.78, 5) is 44.9. The van der Waals surface area contributed by atoms with Gasteiger partial charge in [0, 0.05) is 16.7 Å². The van der Waals surface area contributed by atoms with Crippen LogP contribution in [0.2, 0.25) is 0 Å². The summed E-state index contributed by atoms with van der Waals surface area (Å²) in [5.74, 6) is -1.24. The molecular formula is C21H22BrFN4O3. The number of hydrogen-bond donors (Lipinski definition) is 2. The Kier molecular flexibility index (Phi) is 6.21. The quantitative estimate of drug-likeness (QED) is 0.580. The van der Waals surface area contributed by atoms with E-state index in [0.29, 0.717) is 16.7 Å². The Hall–Kier alpha value is -2.81. The molecule has 30 heavy (non-hydrogen) atoms. The number of hydrogen-bond acceptors (Lipinski definition) is 4. The molecule has 0 saturated heterocycles. The fraction of sp³-hybridized carbons (Fsp3) is 0.333. The summed E-state index contributed by atoms with van der Waals surface area (Å²) in [5.41, 5.74) is -0.607. The molecule has 0 bridgehead atoms. The molecule has 0 aliphatic carbocycles. The minimum atomic E-state index is -0.710. The van der Waals surface area contributed by atoms with Crippen molar-refractivity contribution >= 4 is 38.6 Å². The largest absolute Gasteiger partial charge is 0.330 e. The molecule has 1 aromatic carbocycles. The van der Waals surface area contributed by atoms with Gasteiger partial charge >= 0.3 is 5.69 Å². The Bertz CT molecular complexity index is 1250. The van der Waals surface area contributed by atoms with Gasteiger partial charge in [-0.05, 0) is 36.1 Å². The summed E-state index contributed by atoms with van der Waals surface area (Å²) in [5, 5.41) is 2.51. The number of carbonyl (C=O) groups is 1. The lowest BCUT2D eigenvalue weighted by molar-refractivity contribution is 0.102. The van der Waals surface area contributed by atoms with Crippen LogP contribution >= 0.6 is 15.9 Å². The van der Waals surface area contributed by atoms with Gasteiger partial charge in [-0.1, -0.05) is 43.6 Å². The highest BCUT2D eigenvalue weighted by atomic mass is 79.9. The molecule has 0 radical (unpaired) electrons. The maximum absolute atomic E-state index is 14.1. The van der Waals surface area contributed by atoms with E-state index in [9.17, 15) is 18.8 Å². The highest BCUT2D eigenvalue weighted by molar-refractivity contribution is 9.10. The van der Waals surface area contributed by atoms with Gasteiger partial charge in [-0.2, -0.15) is 0 Å². The Labute approximate surface area is 180 Å². The number of nitrogens with zero attached hydrogens (tertiary/aromatic N) is 2. The van der Waals surface area contributed by atoms with Gasteiger partial charge in [-0.25, -0.2) is 14.2 Å². The number of benzene rings is 1. The number of nitrogens with one attached hydrogen (secondary N) is 2. The van der Waals surface area contributed by atoms with Crippen LogP contribution in [0.4, 0.5) is 10.1 Å². The van der Waals surface area contributed by atoms with Crippen LogP contribution in [0.15, 0.2) is 38.3 Å². The van der Waals surface area contributed by atoms with Crippen molar-refractivity contribution in [3.05, 3.63) is 66.7 Å². The fourth-order valence-electron chi connectivity index (χ4n) is 3.09. The van der Waals surface area contributed by atoms with Crippen molar-refractivity contribution in [1.29, 1.82) is 0 Å². The third-order valence-corrected chi connectivity index (χ3v) is 5.02. The number of fused-ring (bicyclic) bond motifs is 1. The molecule has 1 amide bonds. The van der Waals surface area contributed by atoms with Crippen LogP contribution in [-0.4, -0.2) is 20.4 Å². The van der Waals surface area contributed by atoms with Crippen molar-refractivity contribution < 1.29 is 9.18 Å². The van der Waals surface area contributed by atoms with E-state index < -0.39 is 23.0 Å². The van der Waals surface area contributed by atoms with Gasteiger partial charge in [0.2, 0.25) is 0 Å². The summed E-state index contributed by atoms with van der Waals surface area (Å²) in [6, 6.07) is 5.67. The van der Waals surface area contributed by atoms with Crippen molar-refractivity contribution in [2.24, 2.45) is 5.92 Å². The van der Waals surface area contributed by atoms with E-state index in [0.717, 1.165) is 0 Å². The van der Waals surface area contributed by atoms with Gasteiger partial charge in [0.15, 0.2) is 5.65 Å². The standard InChI is InChI=1S/C21H22BrFN4O3/c1-10(2)9-27-18-17(20(29)26-21(27)30)13(8-15(24-18)11(3)4)19(28)25-16-7-12(22)5-6-14(16)23/h5-8,10-11H,9H2,1-4H3,(H,25,28)(H,26,29,30). The first-order valence-electron chi connectivity index (χ1n) is 9.52. The van der Waals surface area contributed by atoms with E-state index in [1.165, 1.54) is 28.8 Å². The van der Waals surface area contributed by atoms with Crippen LogP contribution in [0.25, 0.3) is 11.0 Å². The highest BCUT2D eigenvalue weighted by Crippen LogP contribution is 2.24. The first-order valence-corrected chi connectivity index (χ1v) is 10.3. The lowest BCUT2D eigenvalue weighted by Crippen LogP contribution is -2.33. The van der Waals surface area contributed by atoms with E-state index >= 15 is 0 Å². The van der Waals surface area contributed by atoms with Gasteiger partial charge in [-0.3, -0.25) is 19.1 Å². The number of anilines is 1. The Morgan fingerprint density at radius 2 is 1.93 bits per heavy atom. The zero-order valence-electron chi connectivity index (χ0n) is 17.0. The predicted molar refractivity (Wildman–Crippen MR) is 118 cm³/mol. The van der Waals surface area contributed by atoms with E-state index in [-0.39, 0.29) is 34.1 Å². The normalized spacial score (nSPS) is 11.5. The van der Waals surface area contributed by atoms with E-state index in [1.54, 1.807) is 0 Å². The lowest BCUT2D eigenvalue weighted by atomic mass is 10.0. The second-order valence-electron chi connectivity index (χ2n) is 7.79. The van der Waals surface area contributed by atoms with E-state index in [4.69, 9.17) is 0 Å². The summed E-state index contributed by atoms with van der Waals surface area (Å²) >= 11 is 3.24. The molecule has 0 atom stereocenters. The average Bonchev–Trinajstić information content (AvgIpc) is 2.66. The van der Waals surface area contributed by atoms with Crippen LogP contribution in [0.5, 0.6) is 0 Å². The molecule has 3 rings (SSSR count). The van der Waals surface area contributed by atoms with Crippen LogP contribution in [0.1, 0.15) is 49.7 Å². The predicted octanol–water partition coefficient (Wildman–Crippen LogP) is 4.02. The molecular weight excluding hydrogens is 455 g/mol. The molecule has 2 heterocycles. The summed E-state index contributed by atoms with van der Waals surface area (Å²) in [7, 11) is 0. The lowest BCUT2D eigenvalue weighted by Gasteiger charge is -2.16. The molecule has 3 aromatic rings. The second kappa shape index (κ2) is 8.51. The van der Waals surface area contributed by atoms with Crippen LogP contribution < -0.4 is 16.6 Å². The SMILES string of the molecule is CC(C)Cn1c(=O)[nH]c(=O)c2c(C(=O)Nc3cc(Br)ccc3F)cc(C(C)C)nc21. The van der Waals surface area contributed by atoms with Gasteiger partial charge in [0.1, 0.15) is 5.82 Å². The Morgan fingerprint density at radius 1 is 1.23 bits per heavy atom. The molecule has 0 aliphatic heterocycles. The zero-order valence-corrected chi connectivity index (χ0v) is 18.6. The van der Waals surface area contributed by atoms with Gasteiger partial charge in [-0.15, -0.1) is 0 Å². The smallest absolute Gasteiger partial charge is 0.319 e. The molecule has 7 nitrogen and oxygen atoms in total. The number of aromatic amines is 1. The van der Waals surface area contributed by atoms with Crippen LogP contribution in [0, 0.1) is 11.7 Å². The van der Waals surface area contributed by atoms with E-state index in [1.807, 2.05) is 27.7 Å². The number of H-pyrrole nitrogens is 1. The molecule has 0 fully saturated rings. The Morgan fingerprint density at radius 3 is 2.57 bits per heavy atom. The summed E-state index contributed by atoms with van der Waals surface area (Å²) < 4.78 is 16.1. The molecule has 2 aromatic heterocycles. The van der Waals surface area contributed by atoms with Gasteiger partial charge < -0.3 is 5.32 Å². The van der Waals surface area contributed by atoms with Gasteiger partial charge in [0.05, 0.1) is 16.6 Å². The third kappa shape index (κ3) is 4.35. The molecule has 0 aliphatic rings. The average molecular weight is 477 g/mol. The topological polar surface area (TPSA) is 96.9 Å². The van der Waals surface area contributed by atoms with Crippen molar-refractivity contribution in [2.45, 2.75) is 40.2 Å². The minimum absolute atomic E-state index is 0.00689. The van der Waals surface area contributed by atoms with Crippen LogP contribution in [-0.2, 0) is 6.54 Å². The fourth-order valence-corrected chi connectivity index (χ4v) is 3.45. The number of pyridine rings is 1. The highest BCUT2D eigenvalue weighted by Gasteiger charge is 2.21. The minimum Gasteiger partial charge on any atom is -0.319 e. The van der Waals surface area contributed by atoms with Crippen molar-refractivity contribution in [1.82, 2.24) is 14.5 Å². The molecule has 158 valence electrons. The van der Waals surface area contributed by atoms with Crippen LogP contribution in [0.3, 0.4) is 0 Å². The number of halogens is 2. The molecule has 2 N–H and O–H groups in total. The molecule has 0 saturated carbocycles. The summed E-state index contributed by atoms with van der Waals surface area (Å²) in [6.45, 7) is 7.96. The number of carbonyl (C=O) groups excluding carboxylic acids is 1. The van der Waals surface area contributed by atoms with Crippen molar-refractivity contribution in [3.8, 4) is 0 Å².